The third-order valence-electron chi connectivity index (χ3n) is 3.94. The van der Waals surface area contributed by atoms with Crippen molar-refractivity contribution in [2.24, 2.45) is 0 Å². The molecule has 0 aromatic heterocycles. The van der Waals surface area contributed by atoms with Crippen LogP contribution in [0.3, 0.4) is 0 Å². The molecular weight excluding hydrogens is 291 g/mol. The highest BCUT2D eigenvalue weighted by Crippen LogP contribution is 2.25. The number of nitrogens with one attached hydrogen (secondary N) is 1. The molecule has 2 rings (SSSR count). The summed E-state index contributed by atoms with van der Waals surface area (Å²) in [6.45, 7) is 6.44. The molecule has 20 heavy (non-hydrogen) atoms. The molecule has 1 aromatic carbocycles. The molecule has 1 unspecified atom stereocenters. The molecule has 2 nitrogen and oxygen atoms in total. The van der Waals surface area contributed by atoms with Crippen LogP contribution in [-0.4, -0.2) is 30.6 Å². The summed E-state index contributed by atoms with van der Waals surface area (Å²) in [6, 6.07) is 6.36. The third-order valence-corrected chi connectivity index (χ3v) is 4.54. The number of piperidine rings is 1. The van der Waals surface area contributed by atoms with E-state index in [-0.39, 0.29) is 0 Å². The molecule has 1 heterocycles. The average molecular weight is 315 g/mol. The summed E-state index contributed by atoms with van der Waals surface area (Å²) in [7, 11) is 0. The predicted molar refractivity (Wildman–Crippen MR) is 87.7 cm³/mol. The molecule has 1 aliphatic heterocycles. The Morgan fingerprint density at radius 2 is 2.15 bits per heavy atom. The van der Waals surface area contributed by atoms with Crippen molar-refractivity contribution < 1.29 is 0 Å². The molecule has 0 aliphatic carbocycles. The van der Waals surface area contributed by atoms with Gasteiger partial charge in [0.1, 0.15) is 0 Å². The van der Waals surface area contributed by atoms with Gasteiger partial charge in [-0.15, -0.1) is 0 Å². The first kappa shape index (κ1) is 16.1. The van der Waals surface area contributed by atoms with Crippen molar-refractivity contribution >= 4 is 23.2 Å². The Morgan fingerprint density at radius 3 is 2.95 bits per heavy atom. The van der Waals surface area contributed by atoms with E-state index >= 15 is 0 Å². The van der Waals surface area contributed by atoms with Crippen molar-refractivity contribution in [3.63, 3.8) is 0 Å². The second-order valence-corrected chi connectivity index (χ2v) is 6.40. The van der Waals surface area contributed by atoms with Crippen LogP contribution < -0.4 is 5.32 Å². The van der Waals surface area contributed by atoms with Crippen molar-refractivity contribution in [3.05, 3.63) is 33.8 Å². The predicted octanol–water partition coefficient (Wildman–Crippen LogP) is 4.35. The fraction of sp³-hybridized carbons (Fsp3) is 0.625. The summed E-state index contributed by atoms with van der Waals surface area (Å²) in [6.07, 6.45) is 5.07. The zero-order valence-electron chi connectivity index (χ0n) is 12.2. The first-order chi connectivity index (χ1) is 9.70. The summed E-state index contributed by atoms with van der Waals surface area (Å²) in [5, 5.41) is 5.13. The first-order valence-electron chi connectivity index (χ1n) is 7.59. The minimum Gasteiger partial charge on any atom is -0.315 e. The molecule has 0 amide bonds. The minimum absolute atomic E-state index is 0.616. The second-order valence-electron chi connectivity index (χ2n) is 5.56. The van der Waals surface area contributed by atoms with E-state index in [0.29, 0.717) is 6.04 Å². The zero-order chi connectivity index (χ0) is 14.4. The van der Waals surface area contributed by atoms with Crippen LogP contribution in [0.25, 0.3) is 0 Å². The molecule has 1 aliphatic rings. The van der Waals surface area contributed by atoms with E-state index < -0.39 is 0 Å². The van der Waals surface area contributed by atoms with E-state index in [9.17, 15) is 0 Å². The zero-order valence-corrected chi connectivity index (χ0v) is 13.7. The molecule has 1 aromatic rings. The summed E-state index contributed by atoms with van der Waals surface area (Å²) < 4.78 is 0. The molecule has 1 saturated heterocycles. The highest BCUT2D eigenvalue weighted by molar-refractivity contribution is 6.33. The van der Waals surface area contributed by atoms with Gasteiger partial charge in [-0.05, 0) is 56.1 Å². The van der Waals surface area contributed by atoms with E-state index in [4.69, 9.17) is 23.2 Å². The Morgan fingerprint density at radius 1 is 1.30 bits per heavy atom. The lowest BCUT2D eigenvalue weighted by molar-refractivity contribution is 0.137. The van der Waals surface area contributed by atoms with Gasteiger partial charge in [0.05, 0.1) is 0 Å². The highest BCUT2D eigenvalue weighted by Gasteiger charge is 2.22. The van der Waals surface area contributed by atoms with Gasteiger partial charge in [-0.1, -0.05) is 36.5 Å². The lowest BCUT2D eigenvalue weighted by atomic mass is 10.0. The van der Waals surface area contributed by atoms with Crippen molar-refractivity contribution in [3.8, 4) is 0 Å². The SMILES string of the molecule is CCCNCC1CCCCN1Cc1cc(Cl)ccc1Cl. The van der Waals surface area contributed by atoms with E-state index in [2.05, 4.69) is 17.1 Å². The van der Waals surface area contributed by atoms with Crippen LogP contribution in [0, 0.1) is 0 Å². The van der Waals surface area contributed by atoms with Crippen molar-refractivity contribution in [1.82, 2.24) is 10.2 Å². The van der Waals surface area contributed by atoms with E-state index in [1.807, 2.05) is 18.2 Å². The quantitative estimate of drug-likeness (QED) is 0.785. The Kier molecular flexibility index (Phi) is 6.63. The van der Waals surface area contributed by atoms with E-state index in [0.717, 1.165) is 41.8 Å². The lowest BCUT2D eigenvalue weighted by Crippen LogP contribution is -2.45. The topological polar surface area (TPSA) is 15.3 Å². The average Bonchev–Trinajstić information content (AvgIpc) is 2.45. The molecular formula is C16H24Cl2N2. The monoisotopic (exact) mass is 314 g/mol. The number of hydrogen-bond acceptors (Lipinski definition) is 2. The van der Waals surface area contributed by atoms with Crippen molar-refractivity contribution in [2.75, 3.05) is 19.6 Å². The first-order valence-corrected chi connectivity index (χ1v) is 8.35. The van der Waals surface area contributed by atoms with E-state index in [1.54, 1.807) is 0 Å². The third kappa shape index (κ3) is 4.63. The second kappa shape index (κ2) is 8.23. The van der Waals surface area contributed by atoms with Gasteiger partial charge in [-0.2, -0.15) is 0 Å². The van der Waals surface area contributed by atoms with Crippen molar-refractivity contribution in [2.45, 2.75) is 45.2 Å². The van der Waals surface area contributed by atoms with Crippen LogP contribution in [0.5, 0.6) is 0 Å². The maximum absolute atomic E-state index is 6.29. The summed E-state index contributed by atoms with van der Waals surface area (Å²) in [5.41, 5.74) is 1.14. The fourth-order valence-corrected chi connectivity index (χ4v) is 3.20. The number of benzene rings is 1. The Hall–Kier alpha value is -0.280. The smallest absolute Gasteiger partial charge is 0.0452 e. The molecule has 1 atom stereocenters. The van der Waals surface area contributed by atoms with Gasteiger partial charge in [0, 0.05) is 29.2 Å². The molecule has 0 spiro atoms. The molecule has 112 valence electrons. The van der Waals surface area contributed by atoms with Crippen LogP contribution in [-0.2, 0) is 6.54 Å². The molecule has 4 heteroatoms. The molecule has 1 fully saturated rings. The number of hydrogen-bond donors (Lipinski definition) is 1. The van der Waals surface area contributed by atoms with Gasteiger partial charge < -0.3 is 5.32 Å². The van der Waals surface area contributed by atoms with Gasteiger partial charge in [0.2, 0.25) is 0 Å². The van der Waals surface area contributed by atoms with Gasteiger partial charge in [0.25, 0.3) is 0 Å². The maximum atomic E-state index is 6.29. The Bertz CT molecular complexity index is 423. The summed E-state index contributed by atoms with van der Waals surface area (Å²) in [5.74, 6) is 0. The van der Waals surface area contributed by atoms with Gasteiger partial charge in [-0.3, -0.25) is 4.90 Å². The Labute approximate surface area is 132 Å². The number of likely N-dealkylation sites (tertiary alicyclic amines) is 1. The van der Waals surface area contributed by atoms with Crippen LogP contribution >= 0.6 is 23.2 Å². The van der Waals surface area contributed by atoms with Crippen LogP contribution in [0.15, 0.2) is 18.2 Å². The molecule has 0 bridgehead atoms. The summed E-state index contributed by atoms with van der Waals surface area (Å²) >= 11 is 12.4. The van der Waals surface area contributed by atoms with Crippen molar-refractivity contribution in [1.29, 1.82) is 0 Å². The standard InChI is InChI=1S/C16H24Cl2N2/c1-2-8-19-11-15-5-3-4-9-20(15)12-13-10-14(17)6-7-16(13)18/h6-7,10,15,19H,2-5,8-9,11-12H2,1H3. The number of halogens is 2. The number of nitrogens with zero attached hydrogens (tertiary/aromatic N) is 1. The minimum atomic E-state index is 0.616. The maximum Gasteiger partial charge on any atom is 0.0452 e. The lowest BCUT2D eigenvalue weighted by Gasteiger charge is -2.36. The van der Waals surface area contributed by atoms with Crippen LogP contribution in [0.1, 0.15) is 38.2 Å². The van der Waals surface area contributed by atoms with Crippen LogP contribution in [0.4, 0.5) is 0 Å². The number of rotatable bonds is 6. The summed E-state index contributed by atoms with van der Waals surface area (Å²) in [4.78, 5) is 2.55. The molecule has 0 radical (unpaired) electrons. The van der Waals surface area contributed by atoms with Gasteiger partial charge in [-0.25, -0.2) is 0 Å². The van der Waals surface area contributed by atoms with Crippen LogP contribution in [0.2, 0.25) is 10.0 Å². The highest BCUT2D eigenvalue weighted by atomic mass is 35.5. The largest absolute Gasteiger partial charge is 0.315 e. The van der Waals surface area contributed by atoms with Gasteiger partial charge in [0.15, 0.2) is 0 Å². The molecule has 0 saturated carbocycles. The van der Waals surface area contributed by atoms with E-state index in [1.165, 1.54) is 25.7 Å². The normalized spacial score (nSPS) is 20.2. The molecule has 1 N–H and O–H groups in total. The Balaban J connectivity index is 1.98. The fourth-order valence-electron chi connectivity index (χ4n) is 2.83. The van der Waals surface area contributed by atoms with Gasteiger partial charge >= 0.3 is 0 Å².